The summed E-state index contributed by atoms with van der Waals surface area (Å²) in [5.41, 5.74) is 0. The van der Waals surface area contributed by atoms with Crippen LogP contribution in [0.15, 0.2) is 0 Å². The molecule has 1 saturated heterocycles. The van der Waals surface area contributed by atoms with Crippen LogP contribution in [0.3, 0.4) is 0 Å². The van der Waals surface area contributed by atoms with Crippen molar-refractivity contribution >= 4 is 0 Å². The predicted molar refractivity (Wildman–Crippen MR) is 64.9 cm³/mol. The first-order valence-corrected chi connectivity index (χ1v) is 6.57. The minimum Gasteiger partial charge on any atom is -0.393 e. The van der Waals surface area contributed by atoms with Gasteiger partial charge in [0.2, 0.25) is 0 Å². The molecule has 0 aromatic carbocycles. The maximum Gasteiger partial charge on any atom is 0.0541 e. The van der Waals surface area contributed by atoms with Gasteiger partial charge in [0.25, 0.3) is 0 Å². The molecule has 0 saturated carbocycles. The molecular weight excluding hydrogens is 186 g/mol. The van der Waals surface area contributed by atoms with Crippen molar-refractivity contribution < 1.29 is 5.11 Å². The van der Waals surface area contributed by atoms with E-state index in [1.54, 1.807) is 0 Å². The van der Waals surface area contributed by atoms with Crippen molar-refractivity contribution in [2.75, 3.05) is 19.6 Å². The summed E-state index contributed by atoms with van der Waals surface area (Å²) in [6.07, 6.45) is 4.84. The highest BCUT2D eigenvalue weighted by Crippen LogP contribution is 2.22. The molecule has 0 aromatic rings. The van der Waals surface area contributed by atoms with Crippen LogP contribution < -0.4 is 0 Å². The molecule has 1 unspecified atom stereocenters. The fourth-order valence-electron chi connectivity index (χ4n) is 2.53. The van der Waals surface area contributed by atoms with Crippen molar-refractivity contribution in [3.63, 3.8) is 0 Å². The van der Waals surface area contributed by atoms with Gasteiger partial charge in [-0.2, -0.15) is 0 Å². The van der Waals surface area contributed by atoms with Crippen molar-refractivity contribution in [3.8, 4) is 0 Å². The number of likely N-dealkylation sites (tertiary alicyclic amines) is 1. The maximum absolute atomic E-state index is 9.52. The zero-order valence-electron chi connectivity index (χ0n) is 10.6. The van der Waals surface area contributed by atoms with E-state index in [9.17, 15) is 5.11 Å². The zero-order chi connectivity index (χ0) is 11.3. The highest BCUT2D eigenvalue weighted by molar-refractivity contribution is 4.76. The van der Waals surface area contributed by atoms with E-state index in [2.05, 4.69) is 18.7 Å². The molecule has 1 fully saturated rings. The average molecular weight is 213 g/mol. The Bertz CT molecular complexity index is 158. The van der Waals surface area contributed by atoms with E-state index in [0.29, 0.717) is 5.92 Å². The molecular formula is C13H27NO. The number of aliphatic hydroxyl groups is 1. The Kier molecular flexibility index (Phi) is 5.62. The van der Waals surface area contributed by atoms with Crippen molar-refractivity contribution in [2.45, 2.75) is 52.6 Å². The van der Waals surface area contributed by atoms with Gasteiger partial charge in [-0.3, -0.25) is 0 Å². The van der Waals surface area contributed by atoms with Gasteiger partial charge in [0.1, 0.15) is 0 Å². The van der Waals surface area contributed by atoms with Gasteiger partial charge in [-0.15, -0.1) is 0 Å². The Morgan fingerprint density at radius 2 is 1.73 bits per heavy atom. The molecule has 0 spiro atoms. The average Bonchev–Trinajstić information content (AvgIpc) is 2.26. The van der Waals surface area contributed by atoms with E-state index in [1.165, 1.54) is 45.3 Å². The van der Waals surface area contributed by atoms with Gasteiger partial charge in [0.15, 0.2) is 0 Å². The molecule has 1 aliphatic heterocycles. The van der Waals surface area contributed by atoms with Crippen LogP contribution in [0.25, 0.3) is 0 Å². The van der Waals surface area contributed by atoms with Crippen LogP contribution in [0.4, 0.5) is 0 Å². The highest BCUT2D eigenvalue weighted by atomic mass is 16.3. The lowest BCUT2D eigenvalue weighted by Crippen LogP contribution is -2.39. The number of rotatable bonds is 5. The summed E-state index contributed by atoms with van der Waals surface area (Å²) in [6.45, 7) is 10.1. The quantitative estimate of drug-likeness (QED) is 0.758. The minimum atomic E-state index is -0.111. The molecule has 2 heteroatoms. The normalized spacial score (nSPS) is 22.2. The second kappa shape index (κ2) is 6.49. The van der Waals surface area contributed by atoms with Gasteiger partial charge in [-0.05, 0) is 44.7 Å². The fourth-order valence-corrected chi connectivity index (χ4v) is 2.53. The molecule has 15 heavy (non-hydrogen) atoms. The lowest BCUT2D eigenvalue weighted by Gasteiger charge is -2.35. The molecule has 0 bridgehead atoms. The van der Waals surface area contributed by atoms with Gasteiger partial charge in [-0.25, -0.2) is 0 Å². The summed E-state index contributed by atoms with van der Waals surface area (Å²) in [5, 5.41) is 9.52. The summed E-state index contributed by atoms with van der Waals surface area (Å²) in [7, 11) is 0. The first kappa shape index (κ1) is 13.0. The number of piperidine rings is 1. The number of hydrogen-bond acceptors (Lipinski definition) is 2. The van der Waals surface area contributed by atoms with Gasteiger partial charge >= 0.3 is 0 Å². The van der Waals surface area contributed by atoms with Crippen LogP contribution in [0.2, 0.25) is 0 Å². The van der Waals surface area contributed by atoms with Crippen LogP contribution in [0.1, 0.15) is 46.5 Å². The van der Waals surface area contributed by atoms with Crippen molar-refractivity contribution in [3.05, 3.63) is 0 Å². The van der Waals surface area contributed by atoms with Crippen LogP contribution in [0, 0.1) is 11.8 Å². The first-order valence-electron chi connectivity index (χ1n) is 6.57. The fraction of sp³-hybridized carbons (Fsp3) is 1.00. The Balaban J connectivity index is 2.25. The Morgan fingerprint density at radius 3 is 2.13 bits per heavy atom. The molecule has 2 nitrogen and oxygen atoms in total. The Labute approximate surface area is 94.7 Å². The second-order valence-electron chi connectivity index (χ2n) is 5.06. The van der Waals surface area contributed by atoms with E-state index >= 15 is 0 Å². The van der Waals surface area contributed by atoms with E-state index in [0.717, 1.165) is 5.92 Å². The standard InChI is InChI=1S/C13H27NO/c1-4-12(5-2)10-14-8-6-13(7-9-14)11(3)15/h11-13,15H,4-10H2,1-3H3. The van der Waals surface area contributed by atoms with Gasteiger partial charge in [0.05, 0.1) is 6.10 Å². The maximum atomic E-state index is 9.52. The number of hydrogen-bond donors (Lipinski definition) is 1. The molecule has 90 valence electrons. The summed E-state index contributed by atoms with van der Waals surface area (Å²) in [4.78, 5) is 2.58. The van der Waals surface area contributed by atoms with E-state index < -0.39 is 0 Å². The molecule has 0 amide bonds. The van der Waals surface area contributed by atoms with Crippen molar-refractivity contribution in [2.24, 2.45) is 11.8 Å². The SMILES string of the molecule is CCC(CC)CN1CCC(C(C)O)CC1. The van der Waals surface area contributed by atoms with Crippen molar-refractivity contribution in [1.29, 1.82) is 0 Å². The molecule has 1 N–H and O–H groups in total. The lowest BCUT2D eigenvalue weighted by molar-refractivity contribution is 0.0659. The van der Waals surface area contributed by atoms with Crippen LogP contribution in [-0.4, -0.2) is 35.7 Å². The predicted octanol–water partition coefficient (Wildman–Crippen LogP) is 2.52. The monoisotopic (exact) mass is 213 g/mol. The zero-order valence-corrected chi connectivity index (χ0v) is 10.6. The minimum absolute atomic E-state index is 0.111. The smallest absolute Gasteiger partial charge is 0.0541 e. The van der Waals surface area contributed by atoms with E-state index in [1.807, 2.05) is 6.92 Å². The third-order valence-corrected chi connectivity index (χ3v) is 3.99. The van der Waals surface area contributed by atoms with Crippen LogP contribution in [-0.2, 0) is 0 Å². The largest absolute Gasteiger partial charge is 0.393 e. The number of aliphatic hydroxyl groups excluding tert-OH is 1. The Hall–Kier alpha value is -0.0800. The molecule has 1 aliphatic rings. The summed E-state index contributed by atoms with van der Waals surface area (Å²) in [5.74, 6) is 1.41. The van der Waals surface area contributed by atoms with Gasteiger partial charge in [0, 0.05) is 6.54 Å². The topological polar surface area (TPSA) is 23.5 Å². The third-order valence-electron chi connectivity index (χ3n) is 3.99. The van der Waals surface area contributed by atoms with E-state index in [-0.39, 0.29) is 6.10 Å². The molecule has 1 atom stereocenters. The van der Waals surface area contributed by atoms with Crippen molar-refractivity contribution in [1.82, 2.24) is 4.90 Å². The van der Waals surface area contributed by atoms with Crippen LogP contribution in [0.5, 0.6) is 0 Å². The summed E-state index contributed by atoms with van der Waals surface area (Å²) >= 11 is 0. The highest BCUT2D eigenvalue weighted by Gasteiger charge is 2.23. The summed E-state index contributed by atoms with van der Waals surface area (Å²) in [6, 6.07) is 0. The third kappa shape index (κ3) is 4.12. The molecule has 1 heterocycles. The molecule has 0 aromatic heterocycles. The number of nitrogens with zero attached hydrogens (tertiary/aromatic N) is 1. The summed E-state index contributed by atoms with van der Waals surface area (Å²) < 4.78 is 0. The van der Waals surface area contributed by atoms with E-state index in [4.69, 9.17) is 0 Å². The molecule has 0 aliphatic carbocycles. The lowest BCUT2D eigenvalue weighted by atomic mass is 9.91. The molecule has 1 rings (SSSR count). The second-order valence-corrected chi connectivity index (χ2v) is 5.06. The molecule has 0 radical (unpaired) electrons. The van der Waals surface area contributed by atoms with Gasteiger partial charge in [-0.1, -0.05) is 26.7 Å². The first-order chi connectivity index (χ1) is 7.17. The van der Waals surface area contributed by atoms with Gasteiger partial charge < -0.3 is 10.0 Å². The van der Waals surface area contributed by atoms with Crippen LogP contribution >= 0.6 is 0 Å². The Morgan fingerprint density at radius 1 is 1.20 bits per heavy atom.